The average molecular weight is 684 g/mol. The van der Waals surface area contributed by atoms with E-state index >= 15 is 0 Å². The first-order valence-electron chi connectivity index (χ1n) is 11.7. The molecular weight excluding hydrogens is 665 g/mol. The van der Waals surface area contributed by atoms with Crippen molar-refractivity contribution in [3.8, 4) is 17.0 Å². The molecule has 0 radical (unpaired) electrons. The lowest BCUT2D eigenvalue weighted by molar-refractivity contribution is 0.0956. The van der Waals surface area contributed by atoms with Crippen LogP contribution in [-0.4, -0.2) is 17.1 Å². The molecule has 5 aromatic rings. The maximum Gasteiger partial charge on any atom is 0.272 e. The van der Waals surface area contributed by atoms with E-state index in [0.29, 0.717) is 36.0 Å². The highest BCUT2D eigenvalue weighted by molar-refractivity contribution is 9.11. The van der Waals surface area contributed by atoms with Gasteiger partial charge in [0.1, 0.15) is 12.4 Å². The van der Waals surface area contributed by atoms with Crippen LogP contribution in [0.1, 0.15) is 21.5 Å². The quantitative estimate of drug-likeness (QED) is 0.138. The summed E-state index contributed by atoms with van der Waals surface area (Å²) in [5.74, 6) is 0.277. The van der Waals surface area contributed by atoms with Crippen LogP contribution in [0.25, 0.3) is 22.2 Å². The Hall–Kier alpha value is -3.23. The van der Waals surface area contributed by atoms with Crippen molar-refractivity contribution < 1.29 is 9.53 Å². The van der Waals surface area contributed by atoms with E-state index in [1.807, 2.05) is 72.8 Å². The zero-order chi connectivity index (χ0) is 27.4. The molecule has 0 bridgehead atoms. The Morgan fingerprint density at radius 2 is 1.64 bits per heavy atom. The van der Waals surface area contributed by atoms with E-state index in [2.05, 4.69) is 42.4 Å². The van der Waals surface area contributed by atoms with Crippen molar-refractivity contribution >= 4 is 78.1 Å². The van der Waals surface area contributed by atoms with Gasteiger partial charge >= 0.3 is 0 Å². The predicted octanol–water partition coefficient (Wildman–Crippen LogP) is 9.08. The fourth-order valence-corrected chi connectivity index (χ4v) is 5.84. The Morgan fingerprint density at radius 3 is 2.38 bits per heavy atom. The van der Waals surface area contributed by atoms with Crippen LogP contribution in [0.3, 0.4) is 0 Å². The molecule has 0 aliphatic carbocycles. The minimum absolute atomic E-state index is 0.265. The summed E-state index contributed by atoms with van der Waals surface area (Å²) in [4.78, 5) is 17.9. The minimum atomic E-state index is -0.333. The molecule has 4 aromatic carbocycles. The van der Waals surface area contributed by atoms with E-state index in [4.69, 9.17) is 32.9 Å². The summed E-state index contributed by atoms with van der Waals surface area (Å²) in [5.41, 5.74) is 7.07. The van der Waals surface area contributed by atoms with Crippen LogP contribution in [0.4, 0.5) is 0 Å². The molecule has 9 heteroatoms. The number of amides is 1. The van der Waals surface area contributed by atoms with Crippen molar-refractivity contribution in [2.45, 2.75) is 6.61 Å². The van der Waals surface area contributed by atoms with Gasteiger partial charge in [-0.1, -0.05) is 77.8 Å². The van der Waals surface area contributed by atoms with Gasteiger partial charge in [-0.2, -0.15) is 5.10 Å². The molecule has 39 heavy (non-hydrogen) atoms. The number of ether oxygens (including phenoxy) is 1. The SMILES string of the molecule is O=C(N/N=C/c1cc(Br)c(OCc2ccc(Cl)cc2Cl)c(Br)c1)c1cc(-c2ccccc2)nc2ccccc12. The highest BCUT2D eigenvalue weighted by Gasteiger charge is 2.14. The molecule has 1 heterocycles. The van der Waals surface area contributed by atoms with Crippen LogP contribution >= 0.6 is 55.1 Å². The van der Waals surface area contributed by atoms with Crippen molar-refractivity contribution in [2.75, 3.05) is 0 Å². The number of nitrogens with zero attached hydrogens (tertiary/aromatic N) is 2. The number of hydrogen-bond acceptors (Lipinski definition) is 4. The summed E-state index contributed by atoms with van der Waals surface area (Å²) >= 11 is 19.3. The summed E-state index contributed by atoms with van der Waals surface area (Å²) in [7, 11) is 0. The molecular formula is C30H19Br2Cl2N3O2. The first-order valence-corrected chi connectivity index (χ1v) is 14.1. The number of rotatable bonds is 7. The third kappa shape index (κ3) is 6.50. The van der Waals surface area contributed by atoms with Gasteiger partial charge in [0.25, 0.3) is 5.91 Å². The molecule has 0 saturated heterocycles. The van der Waals surface area contributed by atoms with Crippen LogP contribution in [0.2, 0.25) is 10.0 Å². The van der Waals surface area contributed by atoms with Gasteiger partial charge in [0.15, 0.2) is 0 Å². The zero-order valence-electron chi connectivity index (χ0n) is 20.2. The molecule has 1 aromatic heterocycles. The molecule has 1 N–H and O–H groups in total. The smallest absolute Gasteiger partial charge is 0.272 e. The van der Waals surface area contributed by atoms with E-state index < -0.39 is 0 Å². The molecule has 194 valence electrons. The number of halogens is 4. The van der Waals surface area contributed by atoms with E-state index in [9.17, 15) is 4.79 Å². The van der Waals surface area contributed by atoms with Gasteiger partial charge in [-0.3, -0.25) is 4.79 Å². The fraction of sp³-hybridized carbons (Fsp3) is 0.0333. The topological polar surface area (TPSA) is 63.6 Å². The number of carbonyl (C=O) groups is 1. The van der Waals surface area contributed by atoms with Crippen molar-refractivity contribution in [2.24, 2.45) is 5.10 Å². The van der Waals surface area contributed by atoms with Crippen LogP contribution in [0.5, 0.6) is 5.75 Å². The van der Waals surface area contributed by atoms with Gasteiger partial charge in [0, 0.05) is 26.6 Å². The van der Waals surface area contributed by atoms with Crippen molar-refractivity contribution in [3.05, 3.63) is 127 Å². The minimum Gasteiger partial charge on any atom is -0.486 e. The van der Waals surface area contributed by atoms with Crippen molar-refractivity contribution in [1.82, 2.24) is 10.4 Å². The second kappa shape index (κ2) is 12.3. The number of hydrazone groups is 1. The molecule has 0 aliphatic heterocycles. The third-order valence-electron chi connectivity index (χ3n) is 5.82. The molecule has 0 aliphatic rings. The summed E-state index contributed by atoms with van der Waals surface area (Å²) in [5, 5.41) is 6.04. The van der Waals surface area contributed by atoms with E-state index in [1.54, 1.807) is 24.4 Å². The van der Waals surface area contributed by atoms with E-state index in [0.717, 1.165) is 27.6 Å². The Labute approximate surface area is 252 Å². The summed E-state index contributed by atoms with van der Waals surface area (Å²) in [6, 6.07) is 28.0. The maximum atomic E-state index is 13.2. The van der Waals surface area contributed by atoms with Crippen LogP contribution in [0, 0.1) is 0 Å². The van der Waals surface area contributed by atoms with E-state index in [-0.39, 0.29) is 12.5 Å². The Morgan fingerprint density at radius 1 is 0.923 bits per heavy atom. The Kier molecular flexibility index (Phi) is 8.63. The highest BCUT2D eigenvalue weighted by Crippen LogP contribution is 2.35. The van der Waals surface area contributed by atoms with Crippen LogP contribution < -0.4 is 10.2 Å². The Bertz CT molecular complexity index is 1690. The standard InChI is InChI=1S/C30H19Br2Cl2N3O2/c31-24-12-18(13-25(32)29(24)39-17-20-10-11-21(33)14-26(20)34)16-35-37-30(38)23-15-28(19-6-2-1-3-7-19)36-27-9-5-4-8-22(23)27/h1-16H,17H2,(H,37,38)/b35-16+. The molecule has 5 rings (SSSR count). The molecule has 0 fully saturated rings. The first-order chi connectivity index (χ1) is 18.9. The number of para-hydroxylation sites is 1. The number of fused-ring (bicyclic) bond motifs is 1. The molecule has 0 unspecified atom stereocenters. The van der Waals surface area contributed by atoms with Gasteiger partial charge in [-0.15, -0.1) is 0 Å². The second-order valence-electron chi connectivity index (χ2n) is 8.48. The van der Waals surface area contributed by atoms with Gasteiger partial charge < -0.3 is 4.74 Å². The molecule has 5 nitrogen and oxygen atoms in total. The van der Waals surface area contributed by atoms with Gasteiger partial charge in [-0.25, -0.2) is 10.4 Å². The van der Waals surface area contributed by atoms with Gasteiger partial charge in [-0.05, 0) is 73.8 Å². The van der Waals surface area contributed by atoms with Crippen molar-refractivity contribution in [1.29, 1.82) is 0 Å². The normalized spacial score (nSPS) is 11.2. The lowest BCUT2D eigenvalue weighted by atomic mass is 10.0. The van der Waals surface area contributed by atoms with Crippen molar-refractivity contribution in [3.63, 3.8) is 0 Å². The molecule has 0 saturated carbocycles. The largest absolute Gasteiger partial charge is 0.486 e. The molecule has 1 amide bonds. The maximum absolute atomic E-state index is 13.2. The summed E-state index contributed by atoms with van der Waals surface area (Å²) < 4.78 is 7.40. The summed E-state index contributed by atoms with van der Waals surface area (Å²) in [6.07, 6.45) is 1.56. The summed E-state index contributed by atoms with van der Waals surface area (Å²) in [6.45, 7) is 0.265. The van der Waals surface area contributed by atoms with Gasteiger partial charge in [0.2, 0.25) is 0 Å². The van der Waals surface area contributed by atoms with Crippen LogP contribution in [0.15, 0.2) is 105 Å². The molecule has 0 spiro atoms. The number of benzene rings is 4. The monoisotopic (exact) mass is 681 g/mol. The lowest BCUT2D eigenvalue weighted by Crippen LogP contribution is -2.18. The zero-order valence-corrected chi connectivity index (χ0v) is 24.9. The Balaban J connectivity index is 1.33. The lowest BCUT2D eigenvalue weighted by Gasteiger charge is -2.12. The highest BCUT2D eigenvalue weighted by atomic mass is 79.9. The first kappa shape index (κ1) is 27.3. The number of aromatic nitrogens is 1. The number of pyridine rings is 1. The van der Waals surface area contributed by atoms with E-state index in [1.165, 1.54) is 0 Å². The fourth-order valence-electron chi connectivity index (χ4n) is 3.93. The average Bonchev–Trinajstić information content (AvgIpc) is 2.93. The molecule has 0 atom stereocenters. The van der Waals surface area contributed by atoms with Crippen LogP contribution in [-0.2, 0) is 6.61 Å². The number of nitrogens with one attached hydrogen (secondary N) is 1. The second-order valence-corrected chi connectivity index (χ2v) is 11.0. The predicted molar refractivity (Wildman–Crippen MR) is 165 cm³/mol. The number of carbonyl (C=O) groups excluding carboxylic acids is 1. The third-order valence-corrected chi connectivity index (χ3v) is 7.58. The number of hydrogen-bond donors (Lipinski definition) is 1. The van der Waals surface area contributed by atoms with Gasteiger partial charge in [0.05, 0.1) is 31.9 Å².